The number of nitriles is 1. The zero-order valence-corrected chi connectivity index (χ0v) is 44.5. The number of fused-ring (bicyclic) bond motifs is 2. The van der Waals surface area contributed by atoms with E-state index in [1.165, 1.54) is 38.5 Å². The van der Waals surface area contributed by atoms with Crippen molar-refractivity contribution in [1.82, 2.24) is 34.7 Å². The molecule has 16 heteroatoms. The number of carbonyl (C=O) groups excluding carboxylic acids is 2. The van der Waals surface area contributed by atoms with E-state index in [0.29, 0.717) is 64.8 Å². The van der Waals surface area contributed by atoms with Crippen LogP contribution in [-0.2, 0) is 31.2 Å². The number of hydrogen-bond donors (Lipinski definition) is 1. The molecule has 3 aliphatic carbocycles. The van der Waals surface area contributed by atoms with E-state index in [9.17, 15) is 23.6 Å². The molecule has 0 unspecified atom stereocenters. The minimum atomic E-state index is -2.65. The smallest absolute Gasteiger partial charge is 0.264 e. The fraction of sp³-hybridized carbons (Fsp3) is 0.542. The van der Waals surface area contributed by atoms with Crippen LogP contribution in [-0.4, -0.2) is 98.8 Å². The molecule has 398 valence electrons. The molecule has 3 saturated carbocycles. The molecule has 0 bridgehead atoms. The van der Waals surface area contributed by atoms with E-state index in [-0.39, 0.29) is 53.9 Å². The molecule has 5 aromatic rings. The van der Waals surface area contributed by atoms with Crippen LogP contribution in [0.1, 0.15) is 145 Å². The maximum absolute atomic E-state index is 14.8. The summed E-state index contributed by atoms with van der Waals surface area (Å²) in [6, 6.07) is 19.2. The molecule has 6 aliphatic rings. The number of nitrogens with zero attached hydrogens (tertiary/aromatic N) is 8. The molecule has 75 heavy (non-hydrogen) atoms. The lowest BCUT2D eigenvalue weighted by molar-refractivity contribution is -0.164. The molecule has 0 radical (unpaired) electrons. The molecule has 3 aliphatic heterocycles. The topological polar surface area (TPSA) is 143 Å². The van der Waals surface area contributed by atoms with Gasteiger partial charge in [-0.15, -0.1) is 0 Å². The van der Waals surface area contributed by atoms with Gasteiger partial charge in [-0.25, -0.2) is 8.78 Å². The Labute approximate surface area is 440 Å². The van der Waals surface area contributed by atoms with Gasteiger partial charge in [0.1, 0.15) is 29.4 Å². The van der Waals surface area contributed by atoms with Gasteiger partial charge in [0.05, 0.1) is 37.6 Å². The quantitative estimate of drug-likeness (QED) is 0.128. The minimum absolute atomic E-state index is 0. The van der Waals surface area contributed by atoms with E-state index in [1.54, 1.807) is 55.3 Å². The lowest BCUT2D eigenvalue weighted by atomic mass is 9.49. The monoisotopic (exact) mass is 1030 g/mol. The normalized spacial score (nSPS) is 25.1. The standard InChI is InChI=1S/C59H71F2N9O5.H2/c1-36(71)68-26-20-49-48(35-68)53(69-23-8-9-38-27-46(40-33-63-66(6)34-40)47(52(60)61)29-50(38)69)65-70(49)42-18-24-67(25-19-42)41-16-21-59(22-17-41)30-45(31-59)74-43-13-10-37(11-14-43)54(72)64-55-57(2,3)56(58(55,4)5)75-44-15-12-39(32-62)51(28-44)73-7;/h10-15,27-29,33-34,41-42,45,52,55-56H,8-9,16-26,30-31,35H2,1-7H3,(H,64,72);1H. The summed E-state index contributed by atoms with van der Waals surface area (Å²) in [6.07, 6.45) is 12.0. The van der Waals surface area contributed by atoms with Crippen LogP contribution in [0.2, 0.25) is 0 Å². The van der Waals surface area contributed by atoms with E-state index in [1.807, 2.05) is 35.2 Å². The van der Waals surface area contributed by atoms with Crippen molar-refractivity contribution in [2.75, 3.05) is 38.2 Å². The third kappa shape index (κ3) is 9.31. The number of likely N-dealkylation sites (tertiary alicyclic amines) is 1. The summed E-state index contributed by atoms with van der Waals surface area (Å²) in [5, 5.41) is 22.4. The molecule has 14 nitrogen and oxygen atoms in total. The van der Waals surface area contributed by atoms with Crippen LogP contribution in [0.5, 0.6) is 17.2 Å². The number of nitrogens with one attached hydrogen (secondary N) is 1. The molecular formula is C59H73F2N9O5. The maximum Gasteiger partial charge on any atom is 0.264 e. The van der Waals surface area contributed by atoms with Gasteiger partial charge in [-0.2, -0.15) is 15.5 Å². The van der Waals surface area contributed by atoms with Gasteiger partial charge < -0.3 is 34.2 Å². The Morgan fingerprint density at radius 1 is 0.893 bits per heavy atom. The zero-order valence-electron chi connectivity index (χ0n) is 44.5. The molecular weight excluding hydrogens is 953 g/mol. The molecule has 5 heterocycles. The summed E-state index contributed by atoms with van der Waals surface area (Å²) in [6.45, 7) is 13.9. The van der Waals surface area contributed by atoms with Crippen LogP contribution >= 0.6 is 0 Å². The van der Waals surface area contributed by atoms with Gasteiger partial charge >= 0.3 is 0 Å². The van der Waals surface area contributed by atoms with Crippen LogP contribution < -0.4 is 24.4 Å². The Hall–Kier alpha value is -6.47. The second-order valence-corrected chi connectivity index (χ2v) is 23.6. The predicted molar refractivity (Wildman–Crippen MR) is 284 cm³/mol. The first-order valence-corrected chi connectivity index (χ1v) is 27.1. The number of aromatic nitrogens is 4. The largest absolute Gasteiger partial charge is 0.495 e. The van der Waals surface area contributed by atoms with Crippen LogP contribution in [0.25, 0.3) is 11.1 Å². The Bertz CT molecular complexity index is 3000. The van der Waals surface area contributed by atoms with E-state index in [2.05, 4.69) is 58.7 Å². The highest BCUT2D eigenvalue weighted by molar-refractivity contribution is 5.94. The first kappa shape index (κ1) is 50.7. The number of hydrogen-bond acceptors (Lipinski definition) is 10. The molecule has 2 amide bonds. The van der Waals surface area contributed by atoms with Crippen LogP contribution in [0.15, 0.2) is 67.0 Å². The Morgan fingerprint density at radius 3 is 2.27 bits per heavy atom. The van der Waals surface area contributed by atoms with Crippen molar-refractivity contribution in [3.8, 4) is 34.4 Å². The number of methoxy groups -OCH3 is 1. The minimum Gasteiger partial charge on any atom is -0.495 e. The molecule has 2 aromatic heterocycles. The zero-order chi connectivity index (χ0) is 52.6. The number of anilines is 2. The second-order valence-electron chi connectivity index (χ2n) is 23.6. The predicted octanol–water partition coefficient (Wildman–Crippen LogP) is 10.8. The number of rotatable bonds is 12. The van der Waals surface area contributed by atoms with E-state index >= 15 is 0 Å². The fourth-order valence-electron chi connectivity index (χ4n) is 14.4. The van der Waals surface area contributed by atoms with Crippen molar-refractivity contribution < 1.29 is 34.0 Å². The van der Waals surface area contributed by atoms with Gasteiger partial charge in [0.2, 0.25) is 5.91 Å². The van der Waals surface area contributed by atoms with E-state index < -0.39 is 6.43 Å². The van der Waals surface area contributed by atoms with Gasteiger partial charge in [0.25, 0.3) is 12.3 Å². The number of ether oxygens (including phenoxy) is 3. The molecule has 3 aromatic carbocycles. The number of carbonyl (C=O) groups is 2. The SMILES string of the molecule is COc1cc(OC2C(C)(C)C(NC(=O)c3ccc(OC4CC5(CCC(N6CCC(n7nc(N8CCCc9cc(-c%10cnn(C)c%10)c(C(F)F)cc98)c8c7CCN(C(C)=O)C8)CC6)CC5)C4)cc3)C2(C)C)ccc1C#N.[HH]. The van der Waals surface area contributed by atoms with Gasteiger partial charge in [0.15, 0.2) is 5.82 Å². The molecule has 1 spiro atoms. The van der Waals surface area contributed by atoms with Crippen LogP contribution in [0.4, 0.5) is 20.3 Å². The molecule has 11 rings (SSSR count). The van der Waals surface area contributed by atoms with Crippen LogP contribution in [0, 0.1) is 27.6 Å². The molecule has 0 atom stereocenters. The Morgan fingerprint density at radius 2 is 1.61 bits per heavy atom. The van der Waals surface area contributed by atoms with Gasteiger partial charge in [0, 0.05) is 117 Å². The first-order chi connectivity index (χ1) is 35.9. The van der Waals surface area contributed by atoms with Crippen LogP contribution in [0.3, 0.4) is 0 Å². The number of alkyl halides is 2. The van der Waals surface area contributed by atoms with Crippen molar-refractivity contribution in [2.45, 2.75) is 149 Å². The lowest BCUT2D eigenvalue weighted by Crippen LogP contribution is -2.74. The first-order valence-electron chi connectivity index (χ1n) is 27.1. The van der Waals surface area contributed by atoms with Gasteiger partial charge in [-0.05, 0) is 129 Å². The van der Waals surface area contributed by atoms with E-state index in [4.69, 9.17) is 19.3 Å². The second kappa shape index (κ2) is 19.6. The Balaban J connectivity index is 0.00000657. The van der Waals surface area contributed by atoms with Crippen molar-refractivity contribution in [3.63, 3.8) is 0 Å². The number of benzene rings is 3. The fourth-order valence-corrected chi connectivity index (χ4v) is 14.4. The van der Waals surface area contributed by atoms with Crippen molar-refractivity contribution >= 4 is 23.3 Å². The van der Waals surface area contributed by atoms with Crippen molar-refractivity contribution in [1.29, 1.82) is 5.26 Å². The summed E-state index contributed by atoms with van der Waals surface area (Å²) in [4.78, 5) is 33.1. The average molecular weight is 1030 g/mol. The van der Waals surface area contributed by atoms with Crippen molar-refractivity contribution in [2.24, 2.45) is 23.3 Å². The molecule has 4 fully saturated rings. The highest BCUT2D eigenvalue weighted by Gasteiger charge is 2.64. The lowest BCUT2D eigenvalue weighted by Gasteiger charge is -2.63. The van der Waals surface area contributed by atoms with Gasteiger partial charge in [-0.1, -0.05) is 27.7 Å². The highest BCUT2D eigenvalue weighted by atomic mass is 19.3. The number of piperidine rings is 1. The van der Waals surface area contributed by atoms with E-state index in [0.717, 1.165) is 86.4 Å². The van der Waals surface area contributed by atoms with Gasteiger partial charge in [-0.3, -0.25) is 19.0 Å². The molecule has 1 N–H and O–H groups in total. The highest BCUT2D eigenvalue weighted by Crippen LogP contribution is 2.56. The maximum atomic E-state index is 14.8. The average Bonchev–Trinajstić information content (AvgIpc) is 4.08. The Kier molecular flexibility index (Phi) is 13.2. The third-order valence-corrected chi connectivity index (χ3v) is 18.2. The number of halogens is 2. The summed E-state index contributed by atoms with van der Waals surface area (Å²) in [5.41, 5.74) is 5.88. The molecule has 1 saturated heterocycles. The number of aryl methyl sites for hydroxylation is 2. The summed E-state index contributed by atoms with van der Waals surface area (Å²) in [5.74, 6) is 2.59. The van der Waals surface area contributed by atoms with Crippen molar-refractivity contribution in [3.05, 3.63) is 101 Å². The summed E-state index contributed by atoms with van der Waals surface area (Å²) in [7, 11) is 3.33. The summed E-state index contributed by atoms with van der Waals surface area (Å²) < 4.78 is 51.9. The number of amides is 2. The summed E-state index contributed by atoms with van der Waals surface area (Å²) >= 11 is 0. The third-order valence-electron chi connectivity index (χ3n) is 18.2.